The van der Waals surface area contributed by atoms with Gasteiger partial charge in [0.2, 0.25) is 0 Å². The van der Waals surface area contributed by atoms with Crippen LogP contribution in [0.3, 0.4) is 0 Å². The predicted octanol–water partition coefficient (Wildman–Crippen LogP) is 3.43. The minimum absolute atomic E-state index is 0.0773. The van der Waals surface area contributed by atoms with E-state index in [-0.39, 0.29) is 11.9 Å². The van der Waals surface area contributed by atoms with Gasteiger partial charge in [-0.25, -0.2) is 4.98 Å². The number of imidazole rings is 1. The average molecular weight is 362 g/mol. The molecule has 3 rings (SSSR count). The van der Waals surface area contributed by atoms with Crippen molar-refractivity contribution < 1.29 is 4.79 Å². The van der Waals surface area contributed by atoms with Crippen molar-refractivity contribution in [1.82, 2.24) is 19.8 Å². The molecule has 0 spiro atoms. The highest BCUT2D eigenvalue weighted by atomic mass is 16.1. The number of hydrogen-bond donors (Lipinski definition) is 1. The molecule has 1 atom stereocenters. The van der Waals surface area contributed by atoms with Gasteiger partial charge >= 0.3 is 0 Å². The maximum Gasteiger partial charge on any atom is 0.251 e. The first-order valence-corrected chi connectivity index (χ1v) is 9.05. The third-order valence-electron chi connectivity index (χ3n) is 4.83. The van der Waals surface area contributed by atoms with Crippen molar-refractivity contribution in [1.29, 1.82) is 0 Å². The maximum atomic E-state index is 12.7. The number of likely N-dealkylation sites (N-methyl/N-ethyl adjacent to an activating group) is 1. The molecule has 0 bridgehead atoms. The molecule has 5 nitrogen and oxygen atoms in total. The summed E-state index contributed by atoms with van der Waals surface area (Å²) in [6.07, 6.45) is 3.65. The highest BCUT2D eigenvalue weighted by Gasteiger charge is 2.18. The van der Waals surface area contributed by atoms with Gasteiger partial charge in [-0.15, -0.1) is 0 Å². The molecule has 0 fully saturated rings. The van der Waals surface area contributed by atoms with E-state index in [1.165, 1.54) is 11.1 Å². The number of carbonyl (C=O) groups excluding carboxylic acids is 1. The number of hydrogen-bond acceptors (Lipinski definition) is 3. The predicted molar refractivity (Wildman–Crippen MR) is 109 cm³/mol. The molecule has 5 heteroatoms. The van der Waals surface area contributed by atoms with Crippen LogP contribution in [0.15, 0.2) is 60.9 Å². The summed E-state index contributed by atoms with van der Waals surface area (Å²) in [4.78, 5) is 19.2. The van der Waals surface area contributed by atoms with Gasteiger partial charge in [-0.05, 0) is 44.3 Å². The smallest absolute Gasteiger partial charge is 0.251 e. The molecule has 0 radical (unpaired) electrons. The molecule has 0 aliphatic heterocycles. The molecule has 27 heavy (non-hydrogen) atoms. The van der Waals surface area contributed by atoms with E-state index >= 15 is 0 Å². The molecule has 2 aromatic carbocycles. The fraction of sp³-hybridized carbons (Fsp3) is 0.273. The number of rotatable bonds is 6. The van der Waals surface area contributed by atoms with E-state index in [0.717, 1.165) is 11.4 Å². The van der Waals surface area contributed by atoms with E-state index in [0.29, 0.717) is 12.1 Å². The van der Waals surface area contributed by atoms with Crippen LogP contribution >= 0.6 is 0 Å². The van der Waals surface area contributed by atoms with Crippen molar-refractivity contribution in [2.45, 2.75) is 13.0 Å². The lowest BCUT2D eigenvalue weighted by atomic mass is 10.0. The number of carbonyl (C=O) groups is 1. The lowest BCUT2D eigenvalue weighted by molar-refractivity contribution is 0.0942. The standard InChI is InChI=1S/C22H26N4O/c1-16-8-5-6-11-19(16)20(25(2)3)15-24-22(27)18-10-7-9-17(14-18)21-23-12-13-26(21)4/h5-14,20H,15H2,1-4H3,(H,24,27)/t20-/m1/s1. The van der Waals surface area contributed by atoms with Crippen LogP contribution in [0, 0.1) is 6.92 Å². The Labute approximate surface area is 160 Å². The zero-order valence-corrected chi connectivity index (χ0v) is 16.3. The highest BCUT2D eigenvalue weighted by Crippen LogP contribution is 2.22. The maximum absolute atomic E-state index is 12.7. The summed E-state index contributed by atoms with van der Waals surface area (Å²) in [5, 5.41) is 3.09. The van der Waals surface area contributed by atoms with Crippen LogP contribution < -0.4 is 5.32 Å². The fourth-order valence-electron chi connectivity index (χ4n) is 3.27. The average Bonchev–Trinajstić information content (AvgIpc) is 3.09. The van der Waals surface area contributed by atoms with Crippen LogP contribution in [-0.4, -0.2) is 41.0 Å². The fourth-order valence-corrected chi connectivity index (χ4v) is 3.27. The Kier molecular flexibility index (Phi) is 5.72. The third kappa shape index (κ3) is 4.26. The summed E-state index contributed by atoms with van der Waals surface area (Å²) >= 11 is 0. The second-order valence-corrected chi connectivity index (χ2v) is 6.99. The van der Waals surface area contributed by atoms with Crippen molar-refractivity contribution in [3.8, 4) is 11.4 Å². The largest absolute Gasteiger partial charge is 0.350 e. The second-order valence-electron chi connectivity index (χ2n) is 6.99. The van der Waals surface area contributed by atoms with Crippen molar-refractivity contribution >= 4 is 5.91 Å². The van der Waals surface area contributed by atoms with Gasteiger partial charge in [-0.1, -0.05) is 36.4 Å². The van der Waals surface area contributed by atoms with Crippen molar-refractivity contribution in [2.75, 3.05) is 20.6 Å². The summed E-state index contributed by atoms with van der Waals surface area (Å²) in [6.45, 7) is 2.65. The first-order valence-electron chi connectivity index (χ1n) is 9.05. The van der Waals surface area contributed by atoms with E-state index in [1.54, 1.807) is 6.20 Å². The monoisotopic (exact) mass is 362 g/mol. The van der Waals surface area contributed by atoms with Crippen LogP contribution in [0.5, 0.6) is 0 Å². The van der Waals surface area contributed by atoms with E-state index in [4.69, 9.17) is 0 Å². The molecule has 1 aromatic heterocycles. The summed E-state index contributed by atoms with van der Waals surface area (Å²) in [7, 11) is 6.01. The minimum atomic E-state index is -0.0773. The highest BCUT2D eigenvalue weighted by molar-refractivity contribution is 5.95. The number of aryl methyl sites for hydroxylation is 2. The number of amides is 1. The zero-order valence-electron chi connectivity index (χ0n) is 16.3. The molecule has 1 amide bonds. The molecule has 0 unspecified atom stereocenters. The van der Waals surface area contributed by atoms with Gasteiger partial charge in [0.1, 0.15) is 5.82 Å². The second kappa shape index (κ2) is 8.18. The Hall–Kier alpha value is -2.92. The van der Waals surface area contributed by atoms with Crippen molar-refractivity contribution in [3.63, 3.8) is 0 Å². The normalized spacial score (nSPS) is 12.2. The first kappa shape index (κ1) is 18.9. The van der Waals surface area contributed by atoms with Gasteiger partial charge in [0.25, 0.3) is 5.91 Å². The number of nitrogens with one attached hydrogen (secondary N) is 1. The third-order valence-corrected chi connectivity index (χ3v) is 4.83. The Morgan fingerprint density at radius 2 is 1.96 bits per heavy atom. The van der Waals surface area contributed by atoms with Crippen LogP contribution in [0.2, 0.25) is 0 Å². The number of nitrogens with zero attached hydrogens (tertiary/aromatic N) is 3. The van der Waals surface area contributed by atoms with Gasteiger partial charge in [-0.2, -0.15) is 0 Å². The quantitative estimate of drug-likeness (QED) is 0.731. The van der Waals surface area contributed by atoms with Gasteiger partial charge in [0.05, 0.1) is 6.04 Å². The Morgan fingerprint density at radius 3 is 2.63 bits per heavy atom. The Bertz CT molecular complexity index is 929. The van der Waals surface area contributed by atoms with Crippen LogP contribution in [0.1, 0.15) is 27.5 Å². The molecular weight excluding hydrogens is 336 g/mol. The summed E-state index contributed by atoms with van der Waals surface area (Å²) < 4.78 is 1.94. The summed E-state index contributed by atoms with van der Waals surface area (Å²) in [5.41, 5.74) is 4.02. The molecule has 140 valence electrons. The Balaban J connectivity index is 1.75. The SMILES string of the molecule is Cc1ccccc1[C@@H](CNC(=O)c1cccc(-c2nccn2C)c1)N(C)C. The summed E-state index contributed by atoms with van der Waals surface area (Å²) in [5.74, 6) is 0.766. The van der Waals surface area contributed by atoms with E-state index in [9.17, 15) is 4.79 Å². The Morgan fingerprint density at radius 1 is 1.19 bits per heavy atom. The van der Waals surface area contributed by atoms with Gasteiger partial charge in [0, 0.05) is 37.1 Å². The molecule has 0 aliphatic rings. The minimum Gasteiger partial charge on any atom is -0.350 e. The van der Waals surface area contributed by atoms with Gasteiger partial charge in [0.15, 0.2) is 0 Å². The van der Waals surface area contributed by atoms with Crippen molar-refractivity contribution in [2.24, 2.45) is 7.05 Å². The van der Waals surface area contributed by atoms with Crippen molar-refractivity contribution in [3.05, 3.63) is 77.6 Å². The lowest BCUT2D eigenvalue weighted by Crippen LogP contribution is -2.34. The van der Waals surface area contributed by atoms with E-state index in [2.05, 4.69) is 34.3 Å². The molecule has 1 N–H and O–H groups in total. The molecule has 0 saturated heterocycles. The van der Waals surface area contributed by atoms with E-state index < -0.39 is 0 Å². The number of aromatic nitrogens is 2. The van der Waals surface area contributed by atoms with Crippen LogP contribution in [0.4, 0.5) is 0 Å². The molecule has 0 saturated carbocycles. The molecule has 0 aliphatic carbocycles. The van der Waals surface area contributed by atoms with Crippen LogP contribution in [-0.2, 0) is 7.05 Å². The first-order chi connectivity index (χ1) is 13.0. The summed E-state index contributed by atoms with van der Waals surface area (Å²) in [6, 6.07) is 16.0. The zero-order chi connectivity index (χ0) is 19.4. The molecule has 1 heterocycles. The molecule has 3 aromatic rings. The topological polar surface area (TPSA) is 50.2 Å². The molecular formula is C22H26N4O. The van der Waals surface area contributed by atoms with E-state index in [1.807, 2.05) is 68.3 Å². The lowest BCUT2D eigenvalue weighted by Gasteiger charge is -2.26. The van der Waals surface area contributed by atoms with Crippen LogP contribution in [0.25, 0.3) is 11.4 Å². The van der Waals surface area contributed by atoms with Gasteiger partial charge in [-0.3, -0.25) is 4.79 Å². The number of benzene rings is 2. The van der Waals surface area contributed by atoms with Gasteiger partial charge < -0.3 is 14.8 Å².